The predicted molar refractivity (Wildman–Crippen MR) is 97.0 cm³/mol. The number of nitrogen functional groups attached to an aromatic ring is 1. The molecule has 0 aliphatic heterocycles. The predicted octanol–water partition coefficient (Wildman–Crippen LogP) is 4.49. The maximum Gasteiger partial charge on any atom is 0.0427 e. The van der Waals surface area contributed by atoms with E-state index in [1.165, 1.54) is 35.1 Å². The van der Waals surface area contributed by atoms with Crippen molar-refractivity contribution in [1.82, 2.24) is 4.72 Å². The Morgan fingerprint density at radius 3 is 2.77 bits per heavy atom. The van der Waals surface area contributed by atoms with Gasteiger partial charge in [-0.2, -0.15) is 0 Å². The van der Waals surface area contributed by atoms with E-state index in [4.69, 9.17) is 5.73 Å². The van der Waals surface area contributed by atoms with Crippen LogP contribution >= 0.6 is 11.9 Å². The van der Waals surface area contributed by atoms with Crippen molar-refractivity contribution in [3.05, 3.63) is 64.7 Å². The summed E-state index contributed by atoms with van der Waals surface area (Å²) in [6.45, 7) is 4.45. The lowest BCUT2D eigenvalue weighted by Gasteiger charge is -2.15. The Balaban J connectivity index is 1.72. The molecule has 22 heavy (non-hydrogen) atoms. The highest BCUT2D eigenvalue weighted by molar-refractivity contribution is 7.97. The third-order valence-corrected chi connectivity index (χ3v) is 4.98. The van der Waals surface area contributed by atoms with Crippen molar-refractivity contribution < 1.29 is 0 Å². The molecule has 116 valence electrons. The highest BCUT2D eigenvalue weighted by Crippen LogP contribution is 2.34. The maximum atomic E-state index is 5.87. The molecule has 0 bridgehead atoms. The van der Waals surface area contributed by atoms with Gasteiger partial charge in [-0.1, -0.05) is 56.1 Å². The minimum atomic E-state index is 0.504. The van der Waals surface area contributed by atoms with Gasteiger partial charge in [-0.05, 0) is 53.6 Å². The summed E-state index contributed by atoms with van der Waals surface area (Å²) in [5, 5.41) is 0.617. The van der Waals surface area contributed by atoms with E-state index >= 15 is 0 Å². The quantitative estimate of drug-likeness (QED) is 0.631. The van der Waals surface area contributed by atoms with Crippen LogP contribution in [0.4, 0.5) is 5.69 Å². The molecule has 0 saturated carbocycles. The second kappa shape index (κ2) is 6.76. The molecule has 2 aromatic rings. The van der Waals surface area contributed by atoms with Crippen LogP contribution in [-0.2, 0) is 12.8 Å². The largest absolute Gasteiger partial charge is 0.399 e. The van der Waals surface area contributed by atoms with E-state index < -0.39 is 0 Å². The number of fused-ring (bicyclic) bond motifs is 1. The number of rotatable bonds is 5. The average molecular weight is 312 g/mol. The van der Waals surface area contributed by atoms with Crippen LogP contribution in [-0.4, -0.2) is 5.25 Å². The maximum absolute atomic E-state index is 5.87. The molecule has 2 nitrogen and oxygen atoms in total. The smallest absolute Gasteiger partial charge is 0.0427 e. The van der Waals surface area contributed by atoms with Crippen LogP contribution in [0.5, 0.6) is 0 Å². The monoisotopic (exact) mass is 312 g/mol. The van der Waals surface area contributed by atoms with Gasteiger partial charge >= 0.3 is 0 Å². The zero-order valence-electron chi connectivity index (χ0n) is 13.3. The Labute approximate surface area is 137 Å². The molecule has 1 atom stereocenters. The molecule has 1 aliphatic carbocycles. The van der Waals surface area contributed by atoms with E-state index in [2.05, 4.69) is 48.9 Å². The first-order valence-electron chi connectivity index (χ1n) is 7.99. The van der Waals surface area contributed by atoms with Crippen LogP contribution in [0.15, 0.2) is 42.5 Å². The molecule has 0 fully saturated rings. The van der Waals surface area contributed by atoms with Gasteiger partial charge in [0.2, 0.25) is 0 Å². The van der Waals surface area contributed by atoms with E-state index in [1.54, 1.807) is 0 Å². The van der Waals surface area contributed by atoms with Crippen LogP contribution in [0.1, 0.15) is 48.6 Å². The van der Waals surface area contributed by atoms with Crippen molar-refractivity contribution in [3.63, 3.8) is 0 Å². The molecule has 3 heteroatoms. The van der Waals surface area contributed by atoms with Crippen LogP contribution in [0.2, 0.25) is 0 Å². The minimum absolute atomic E-state index is 0.504. The first-order valence-corrected chi connectivity index (χ1v) is 8.87. The van der Waals surface area contributed by atoms with Crippen molar-refractivity contribution >= 4 is 17.6 Å². The zero-order chi connectivity index (χ0) is 15.5. The van der Waals surface area contributed by atoms with Gasteiger partial charge in [-0.25, -0.2) is 0 Å². The molecular formula is C19H24N2S. The number of anilines is 1. The number of nitrogens with two attached hydrogens (primary N) is 1. The second-order valence-electron chi connectivity index (χ2n) is 6.33. The molecule has 3 N–H and O–H groups in total. The van der Waals surface area contributed by atoms with Crippen molar-refractivity contribution in [2.75, 3.05) is 5.73 Å². The molecule has 0 saturated heterocycles. The number of hydrogen-bond donors (Lipinski definition) is 2. The Kier molecular flexibility index (Phi) is 4.74. The molecule has 0 amide bonds. The van der Waals surface area contributed by atoms with E-state index in [0.717, 1.165) is 12.1 Å². The van der Waals surface area contributed by atoms with Gasteiger partial charge in [0.05, 0.1) is 0 Å². The van der Waals surface area contributed by atoms with Gasteiger partial charge in [-0.3, -0.25) is 4.72 Å². The number of hydrogen-bond acceptors (Lipinski definition) is 3. The molecule has 0 radical (unpaired) electrons. The topological polar surface area (TPSA) is 38.0 Å². The lowest BCUT2D eigenvalue weighted by molar-refractivity contribution is 0.665. The molecule has 1 aliphatic rings. The Morgan fingerprint density at radius 2 is 2.00 bits per heavy atom. The lowest BCUT2D eigenvalue weighted by atomic mass is 10.00. The van der Waals surface area contributed by atoms with Crippen LogP contribution in [0.3, 0.4) is 0 Å². The summed E-state index contributed by atoms with van der Waals surface area (Å²) >= 11 is 1.84. The molecular weight excluding hydrogens is 288 g/mol. The van der Waals surface area contributed by atoms with Crippen LogP contribution < -0.4 is 10.5 Å². The summed E-state index contributed by atoms with van der Waals surface area (Å²) < 4.78 is 3.61. The van der Waals surface area contributed by atoms with Crippen molar-refractivity contribution in [3.8, 4) is 0 Å². The molecule has 0 heterocycles. The highest BCUT2D eigenvalue weighted by Gasteiger charge is 2.22. The first kappa shape index (κ1) is 15.4. The molecule has 2 aromatic carbocycles. The number of aryl methyl sites for hydroxylation is 1. The standard InChI is InChI=1S/C19H24N2S/c1-13(2)22-21-19-9-7-16-11-15(6-8-18(16)19)10-14-4-3-5-17(20)12-14/h3-6,8,11-13,19,21H,7,9-10,20H2,1-2H3. The Morgan fingerprint density at radius 1 is 1.18 bits per heavy atom. The van der Waals surface area contributed by atoms with E-state index in [0.29, 0.717) is 11.3 Å². The molecule has 0 aromatic heterocycles. The summed E-state index contributed by atoms with van der Waals surface area (Å²) in [6.07, 6.45) is 3.34. The first-order chi connectivity index (χ1) is 10.6. The van der Waals surface area contributed by atoms with Gasteiger partial charge in [0.1, 0.15) is 0 Å². The van der Waals surface area contributed by atoms with E-state index in [-0.39, 0.29) is 0 Å². The third-order valence-electron chi connectivity index (χ3n) is 4.09. The normalized spacial score (nSPS) is 17.0. The fraction of sp³-hybridized carbons (Fsp3) is 0.368. The fourth-order valence-electron chi connectivity index (χ4n) is 3.06. The van der Waals surface area contributed by atoms with Gasteiger partial charge in [0.15, 0.2) is 0 Å². The van der Waals surface area contributed by atoms with Crippen LogP contribution in [0.25, 0.3) is 0 Å². The highest BCUT2D eigenvalue weighted by atomic mass is 32.2. The van der Waals surface area contributed by atoms with Crippen molar-refractivity contribution in [2.45, 2.75) is 44.4 Å². The number of benzene rings is 2. The van der Waals surface area contributed by atoms with Gasteiger partial charge in [0.25, 0.3) is 0 Å². The summed E-state index contributed by atoms with van der Waals surface area (Å²) in [7, 11) is 0. The van der Waals surface area contributed by atoms with Crippen molar-refractivity contribution in [1.29, 1.82) is 0 Å². The third kappa shape index (κ3) is 3.65. The average Bonchev–Trinajstić information content (AvgIpc) is 2.87. The summed E-state index contributed by atoms with van der Waals surface area (Å²) in [6, 6.07) is 15.6. The summed E-state index contributed by atoms with van der Waals surface area (Å²) in [5.41, 5.74) is 12.3. The Bertz CT molecular complexity index is 652. The van der Waals surface area contributed by atoms with Crippen LogP contribution in [0, 0.1) is 0 Å². The zero-order valence-corrected chi connectivity index (χ0v) is 14.1. The fourth-order valence-corrected chi connectivity index (χ4v) is 3.74. The number of nitrogens with one attached hydrogen (secondary N) is 1. The Hall–Kier alpha value is -1.45. The summed E-state index contributed by atoms with van der Waals surface area (Å²) in [4.78, 5) is 0. The van der Waals surface area contributed by atoms with E-state index in [1.807, 2.05) is 24.1 Å². The van der Waals surface area contributed by atoms with Gasteiger partial charge < -0.3 is 5.73 Å². The second-order valence-corrected chi connectivity index (χ2v) is 7.74. The molecule has 0 spiro atoms. The van der Waals surface area contributed by atoms with Gasteiger partial charge in [0, 0.05) is 17.0 Å². The summed E-state index contributed by atoms with van der Waals surface area (Å²) in [5.74, 6) is 0. The van der Waals surface area contributed by atoms with Crippen molar-refractivity contribution in [2.24, 2.45) is 0 Å². The van der Waals surface area contributed by atoms with E-state index in [9.17, 15) is 0 Å². The van der Waals surface area contributed by atoms with Gasteiger partial charge in [-0.15, -0.1) is 0 Å². The lowest BCUT2D eigenvalue weighted by Crippen LogP contribution is -2.13. The minimum Gasteiger partial charge on any atom is -0.399 e. The SMILES string of the molecule is CC(C)SNC1CCc2cc(Cc3cccc(N)c3)ccc21. The molecule has 3 rings (SSSR count). The molecule has 1 unspecified atom stereocenters.